The number of nitrogens with one attached hydrogen (secondary N) is 1. The minimum absolute atomic E-state index is 0.125. The quantitative estimate of drug-likeness (QED) is 0.784. The largest absolute Gasteiger partial charge is 0.379 e. The molecule has 1 unspecified atom stereocenters. The highest BCUT2D eigenvalue weighted by Gasteiger charge is 2.49. The second-order valence-corrected chi connectivity index (χ2v) is 8.61. The summed E-state index contributed by atoms with van der Waals surface area (Å²) < 4.78 is 32.6. The van der Waals surface area contributed by atoms with Gasteiger partial charge in [-0.05, 0) is 13.3 Å². The molecule has 2 aliphatic rings. The number of rotatable bonds is 3. The molecule has 1 fully saturated rings. The van der Waals surface area contributed by atoms with Gasteiger partial charge in [-0.15, -0.1) is 11.3 Å². The van der Waals surface area contributed by atoms with E-state index < -0.39 is 28.8 Å². The van der Waals surface area contributed by atoms with Gasteiger partial charge in [0, 0.05) is 23.1 Å². The molecule has 28 heavy (non-hydrogen) atoms. The molecule has 0 bridgehead atoms. The third-order valence-corrected chi connectivity index (χ3v) is 6.73. The van der Waals surface area contributed by atoms with E-state index in [-0.39, 0.29) is 17.8 Å². The van der Waals surface area contributed by atoms with Gasteiger partial charge in [0.05, 0.1) is 18.9 Å². The Balaban J connectivity index is 1.60. The number of thioether (sulfide) groups is 1. The van der Waals surface area contributed by atoms with Gasteiger partial charge in [0.15, 0.2) is 16.7 Å². The average Bonchev–Trinajstić information content (AvgIpc) is 3.11. The van der Waals surface area contributed by atoms with Crippen LogP contribution in [0.5, 0.6) is 0 Å². The Morgan fingerprint density at radius 2 is 2.29 bits per heavy atom. The molecule has 11 heteroatoms. The van der Waals surface area contributed by atoms with Gasteiger partial charge in [0.1, 0.15) is 22.2 Å². The van der Waals surface area contributed by atoms with Gasteiger partial charge in [-0.3, -0.25) is 4.79 Å². The molecule has 4 rings (SSSR count). The van der Waals surface area contributed by atoms with Crippen molar-refractivity contribution in [2.75, 3.05) is 17.7 Å². The molecule has 4 heterocycles. The summed E-state index contributed by atoms with van der Waals surface area (Å²) in [6.45, 7) is 2.38. The second kappa shape index (κ2) is 7.37. The van der Waals surface area contributed by atoms with Crippen LogP contribution < -0.4 is 11.1 Å². The van der Waals surface area contributed by atoms with Crippen LogP contribution in [0.2, 0.25) is 0 Å². The summed E-state index contributed by atoms with van der Waals surface area (Å²) in [7, 11) is 0. The van der Waals surface area contributed by atoms with Crippen LogP contribution in [0, 0.1) is 17.6 Å². The first-order chi connectivity index (χ1) is 13.4. The van der Waals surface area contributed by atoms with Crippen molar-refractivity contribution in [3.05, 3.63) is 40.0 Å². The molecular formula is C17H17F2N5O2S2. The van der Waals surface area contributed by atoms with Crippen LogP contribution in [-0.4, -0.2) is 39.5 Å². The van der Waals surface area contributed by atoms with Crippen LogP contribution in [0.1, 0.15) is 28.8 Å². The van der Waals surface area contributed by atoms with Gasteiger partial charge in [0.25, 0.3) is 5.91 Å². The van der Waals surface area contributed by atoms with Crippen molar-refractivity contribution in [2.45, 2.75) is 25.0 Å². The maximum atomic E-state index is 13.8. The number of nitrogens with two attached hydrogens (primary N) is 1. The maximum absolute atomic E-state index is 13.8. The Labute approximate surface area is 167 Å². The summed E-state index contributed by atoms with van der Waals surface area (Å²) in [6, 6.07) is 0.607. The SMILES string of the molecule is C[C@H]1C[C@H]2CSC(N)=NC2(c2nc(NC(=O)c3ncc(F)cc3F)cs2)CO1. The molecular weight excluding hydrogens is 408 g/mol. The molecule has 3 N–H and O–H groups in total. The Morgan fingerprint density at radius 3 is 3.07 bits per heavy atom. The van der Waals surface area contributed by atoms with Crippen molar-refractivity contribution in [3.8, 4) is 0 Å². The second-order valence-electron chi connectivity index (χ2n) is 6.72. The van der Waals surface area contributed by atoms with Crippen LogP contribution in [0.4, 0.5) is 14.6 Å². The predicted octanol–water partition coefficient (Wildman–Crippen LogP) is 2.75. The number of aliphatic imine (C=N–C) groups is 1. The fourth-order valence-corrected chi connectivity index (χ4v) is 5.34. The van der Waals surface area contributed by atoms with Crippen LogP contribution in [0.25, 0.3) is 0 Å². The lowest BCUT2D eigenvalue weighted by Gasteiger charge is -2.44. The van der Waals surface area contributed by atoms with E-state index in [4.69, 9.17) is 10.5 Å². The van der Waals surface area contributed by atoms with Crippen LogP contribution in [-0.2, 0) is 10.3 Å². The molecule has 148 valence electrons. The van der Waals surface area contributed by atoms with Crippen LogP contribution >= 0.6 is 23.1 Å². The Hall–Kier alpha value is -2.11. The molecule has 7 nitrogen and oxygen atoms in total. The zero-order valence-electron chi connectivity index (χ0n) is 14.8. The van der Waals surface area contributed by atoms with E-state index in [2.05, 4.69) is 20.3 Å². The lowest BCUT2D eigenvalue weighted by atomic mass is 9.80. The first-order valence-electron chi connectivity index (χ1n) is 8.55. The van der Waals surface area contributed by atoms with Gasteiger partial charge < -0.3 is 15.8 Å². The van der Waals surface area contributed by atoms with E-state index in [0.717, 1.165) is 18.4 Å². The number of fused-ring (bicyclic) bond motifs is 1. The number of amidine groups is 1. The number of aromatic nitrogens is 2. The summed E-state index contributed by atoms with van der Waals surface area (Å²) in [6.07, 6.45) is 1.74. The first-order valence-corrected chi connectivity index (χ1v) is 10.4. The van der Waals surface area contributed by atoms with Gasteiger partial charge in [0.2, 0.25) is 0 Å². The van der Waals surface area contributed by atoms with Crippen molar-refractivity contribution in [1.82, 2.24) is 9.97 Å². The molecule has 1 saturated heterocycles. The molecule has 0 saturated carbocycles. The Morgan fingerprint density at radius 1 is 1.46 bits per heavy atom. The molecule has 0 radical (unpaired) electrons. The third-order valence-electron chi connectivity index (χ3n) is 4.76. The number of carbonyl (C=O) groups is 1. The van der Waals surface area contributed by atoms with E-state index in [1.165, 1.54) is 23.1 Å². The maximum Gasteiger partial charge on any atom is 0.278 e. The predicted molar refractivity (Wildman–Crippen MR) is 103 cm³/mol. The highest BCUT2D eigenvalue weighted by Crippen LogP contribution is 2.47. The fourth-order valence-electron chi connectivity index (χ4n) is 3.37. The van der Waals surface area contributed by atoms with Crippen molar-refractivity contribution >= 4 is 40.0 Å². The fraction of sp³-hybridized carbons (Fsp3) is 0.412. The molecule has 0 spiro atoms. The normalized spacial score (nSPS) is 27.0. The highest BCUT2D eigenvalue weighted by molar-refractivity contribution is 8.13. The minimum Gasteiger partial charge on any atom is -0.379 e. The number of hydrogen-bond donors (Lipinski definition) is 2. The zero-order chi connectivity index (χ0) is 19.9. The Bertz CT molecular complexity index is 953. The summed E-state index contributed by atoms with van der Waals surface area (Å²) >= 11 is 2.84. The lowest BCUT2D eigenvalue weighted by Crippen LogP contribution is -2.49. The monoisotopic (exact) mass is 425 g/mol. The topological polar surface area (TPSA) is 102 Å². The van der Waals surface area contributed by atoms with Crippen molar-refractivity contribution in [1.29, 1.82) is 0 Å². The number of carbonyl (C=O) groups excluding carboxylic acids is 1. The van der Waals surface area contributed by atoms with Gasteiger partial charge in [-0.25, -0.2) is 23.7 Å². The number of hydrogen-bond acceptors (Lipinski definition) is 8. The van der Waals surface area contributed by atoms with Crippen LogP contribution in [0.15, 0.2) is 22.6 Å². The molecule has 0 aromatic carbocycles. The van der Waals surface area contributed by atoms with Gasteiger partial charge in [-0.2, -0.15) is 0 Å². The zero-order valence-corrected chi connectivity index (χ0v) is 16.4. The molecule has 0 aliphatic carbocycles. The number of anilines is 1. The minimum atomic E-state index is -1.04. The number of thiazole rings is 1. The number of pyridine rings is 1. The highest BCUT2D eigenvalue weighted by atomic mass is 32.2. The standard InChI is InChI=1S/C17H17F2N5O2S2/c1-8-2-9-5-28-16(20)24-17(9,7-26-8)15-23-12(6-27-15)22-14(25)13-11(19)3-10(18)4-21-13/h3-4,6,8-9H,2,5,7H2,1H3,(H2,20,24)(H,22,25)/t8-,9-,17?/m0/s1. The summed E-state index contributed by atoms with van der Waals surface area (Å²) in [5, 5.41) is 5.30. The molecule has 2 aromatic heterocycles. The van der Waals surface area contributed by atoms with E-state index in [1.54, 1.807) is 5.38 Å². The van der Waals surface area contributed by atoms with Crippen molar-refractivity contribution in [2.24, 2.45) is 16.6 Å². The molecule has 2 aromatic rings. The van der Waals surface area contributed by atoms with Crippen molar-refractivity contribution in [3.63, 3.8) is 0 Å². The Kier molecular flexibility index (Phi) is 5.06. The first kappa shape index (κ1) is 19.2. The number of ether oxygens (including phenoxy) is 1. The van der Waals surface area contributed by atoms with E-state index in [1.807, 2.05) is 6.92 Å². The van der Waals surface area contributed by atoms with Crippen LogP contribution in [0.3, 0.4) is 0 Å². The smallest absolute Gasteiger partial charge is 0.278 e. The number of halogens is 2. The average molecular weight is 425 g/mol. The van der Waals surface area contributed by atoms with E-state index >= 15 is 0 Å². The third kappa shape index (κ3) is 3.49. The van der Waals surface area contributed by atoms with Gasteiger partial charge >= 0.3 is 0 Å². The number of nitrogens with zero attached hydrogens (tertiary/aromatic N) is 3. The van der Waals surface area contributed by atoms with Crippen molar-refractivity contribution < 1.29 is 18.3 Å². The summed E-state index contributed by atoms with van der Waals surface area (Å²) in [5.41, 5.74) is 4.79. The van der Waals surface area contributed by atoms with E-state index in [9.17, 15) is 13.6 Å². The summed E-state index contributed by atoms with van der Waals surface area (Å²) in [5.74, 6) is -1.43. The van der Waals surface area contributed by atoms with Gasteiger partial charge in [-0.1, -0.05) is 11.8 Å². The van der Waals surface area contributed by atoms with E-state index in [0.29, 0.717) is 22.8 Å². The summed E-state index contributed by atoms with van der Waals surface area (Å²) in [4.78, 5) is 24.9. The molecule has 1 amide bonds. The lowest BCUT2D eigenvalue weighted by molar-refractivity contribution is -0.0466. The molecule has 3 atom stereocenters. The number of amides is 1. The molecule has 2 aliphatic heterocycles.